The molecule has 1 aliphatic heterocycles. The molecule has 176 valence electrons. The van der Waals surface area contributed by atoms with Gasteiger partial charge in [-0.25, -0.2) is 13.3 Å². The molecule has 0 radical (unpaired) electrons. The Morgan fingerprint density at radius 2 is 1.55 bits per heavy atom. The molecule has 2 aromatic rings. The first-order chi connectivity index (χ1) is 15.8. The number of carbonyl (C=O) groups excluding carboxylic acids is 2. The second-order valence-electron chi connectivity index (χ2n) is 8.42. The van der Waals surface area contributed by atoms with Gasteiger partial charge in [0.15, 0.2) is 0 Å². The van der Waals surface area contributed by atoms with Crippen LogP contribution in [-0.2, 0) is 19.6 Å². The molecule has 7 nitrogen and oxygen atoms in total. The molecule has 1 atom stereocenters. The van der Waals surface area contributed by atoms with Crippen molar-refractivity contribution in [3.63, 3.8) is 0 Å². The molecule has 33 heavy (non-hydrogen) atoms. The number of imide groups is 1. The van der Waals surface area contributed by atoms with Crippen molar-refractivity contribution in [3.05, 3.63) is 53.6 Å². The normalized spacial score (nSPS) is 20.3. The van der Waals surface area contributed by atoms with Crippen molar-refractivity contribution in [1.82, 2.24) is 4.31 Å². The van der Waals surface area contributed by atoms with Crippen molar-refractivity contribution < 1.29 is 22.7 Å². The van der Waals surface area contributed by atoms with E-state index in [1.165, 1.54) is 35.7 Å². The van der Waals surface area contributed by atoms with Crippen LogP contribution in [0.3, 0.4) is 0 Å². The molecule has 2 fully saturated rings. The minimum absolute atomic E-state index is 0.0688. The molecule has 4 rings (SSSR count). The van der Waals surface area contributed by atoms with Gasteiger partial charge >= 0.3 is 0 Å². The van der Waals surface area contributed by atoms with Crippen LogP contribution in [0.15, 0.2) is 53.4 Å². The summed E-state index contributed by atoms with van der Waals surface area (Å²) in [5.74, 6) is -0.341. The van der Waals surface area contributed by atoms with E-state index in [1.807, 2.05) is 0 Å². The minimum Gasteiger partial charge on any atom is -0.497 e. The number of rotatable bonds is 6. The molecule has 0 N–H and O–H groups in total. The Morgan fingerprint density at radius 1 is 0.939 bits per heavy atom. The summed E-state index contributed by atoms with van der Waals surface area (Å²) in [4.78, 5) is 27.6. The summed E-state index contributed by atoms with van der Waals surface area (Å²) in [5.41, 5.74) is 0.401. The van der Waals surface area contributed by atoms with E-state index in [0.29, 0.717) is 29.3 Å². The Morgan fingerprint density at radius 3 is 2.12 bits per heavy atom. The summed E-state index contributed by atoms with van der Waals surface area (Å²) < 4.78 is 34.1. The molecule has 0 bridgehead atoms. The predicted octanol–water partition coefficient (Wildman–Crippen LogP) is 4.39. The van der Waals surface area contributed by atoms with Crippen LogP contribution in [0.25, 0.3) is 0 Å². The van der Waals surface area contributed by atoms with Gasteiger partial charge in [-0.3, -0.25) is 9.59 Å². The van der Waals surface area contributed by atoms with Gasteiger partial charge in [0.25, 0.3) is 5.91 Å². The summed E-state index contributed by atoms with van der Waals surface area (Å²) in [5, 5.41) is 0.424. The number of carbonyl (C=O) groups is 2. The lowest BCUT2D eigenvalue weighted by atomic mass is 10.1. The highest BCUT2D eigenvalue weighted by molar-refractivity contribution is 7.89. The molecule has 0 aromatic heterocycles. The van der Waals surface area contributed by atoms with Crippen molar-refractivity contribution in [1.29, 1.82) is 0 Å². The number of ether oxygens (including phenoxy) is 1. The van der Waals surface area contributed by atoms with Gasteiger partial charge < -0.3 is 4.74 Å². The molecule has 2 amide bonds. The summed E-state index contributed by atoms with van der Waals surface area (Å²) in [6, 6.07) is 11.1. The van der Waals surface area contributed by atoms with Gasteiger partial charge in [0.1, 0.15) is 11.8 Å². The lowest BCUT2D eigenvalue weighted by Crippen LogP contribution is -2.50. The highest BCUT2D eigenvalue weighted by atomic mass is 35.5. The third kappa shape index (κ3) is 4.78. The molecule has 1 heterocycles. The average Bonchev–Trinajstić information content (AvgIpc) is 2.97. The predicted molar refractivity (Wildman–Crippen MR) is 126 cm³/mol. The highest BCUT2D eigenvalue weighted by Crippen LogP contribution is 2.35. The van der Waals surface area contributed by atoms with E-state index in [-0.39, 0.29) is 17.4 Å². The average molecular weight is 491 g/mol. The molecule has 2 aliphatic rings. The van der Waals surface area contributed by atoms with Crippen molar-refractivity contribution >= 4 is 39.1 Å². The molecular formula is C24H27ClN2O5S. The zero-order valence-electron chi connectivity index (χ0n) is 18.4. The SMILES string of the molecule is COc1ccc(N2C(=O)CC(N(C3CCCCCC3)S(=O)(=O)c3ccc(Cl)cc3)C2=O)cc1. The van der Waals surface area contributed by atoms with Gasteiger partial charge in [0, 0.05) is 11.1 Å². The van der Waals surface area contributed by atoms with E-state index in [9.17, 15) is 18.0 Å². The van der Waals surface area contributed by atoms with E-state index >= 15 is 0 Å². The number of halogens is 1. The second kappa shape index (κ2) is 9.83. The van der Waals surface area contributed by atoms with Gasteiger partial charge in [0.2, 0.25) is 15.9 Å². The second-order valence-corrected chi connectivity index (χ2v) is 10.7. The van der Waals surface area contributed by atoms with Crippen LogP contribution < -0.4 is 9.64 Å². The summed E-state index contributed by atoms with van der Waals surface area (Å²) in [6.45, 7) is 0. The maximum Gasteiger partial charge on any atom is 0.252 e. The van der Waals surface area contributed by atoms with Crippen LogP contribution in [-0.4, -0.2) is 43.7 Å². The largest absolute Gasteiger partial charge is 0.497 e. The van der Waals surface area contributed by atoms with Crippen molar-refractivity contribution in [3.8, 4) is 5.75 Å². The lowest BCUT2D eigenvalue weighted by Gasteiger charge is -2.33. The molecule has 9 heteroatoms. The van der Waals surface area contributed by atoms with Gasteiger partial charge in [-0.2, -0.15) is 4.31 Å². The molecular weight excluding hydrogens is 464 g/mol. The third-order valence-electron chi connectivity index (χ3n) is 6.33. The van der Waals surface area contributed by atoms with Crippen molar-refractivity contribution in [2.24, 2.45) is 0 Å². The van der Waals surface area contributed by atoms with E-state index in [0.717, 1.165) is 30.6 Å². The van der Waals surface area contributed by atoms with Crippen molar-refractivity contribution in [2.45, 2.75) is 61.9 Å². The molecule has 1 saturated heterocycles. The van der Waals surface area contributed by atoms with Crippen LogP contribution in [0.1, 0.15) is 44.9 Å². The first-order valence-electron chi connectivity index (χ1n) is 11.1. The first-order valence-corrected chi connectivity index (χ1v) is 12.9. The van der Waals surface area contributed by atoms with Crippen LogP contribution in [0.5, 0.6) is 5.75 Å². The minimum atomic E-state index is -4.03. The zero-order chi connectivity index (χ0) is 23.6. The first kappa shape index (κ1) is 23.7. The third-order valence-corrected chi connectivity index (χ3v) is 8.56. The maximum atomic E-state index is 13.8. The van der Waals surface area contributed by atoms with E-state index in [1.54, 1.807) is 24.3 Å². The maximum absolute atomic E-state index is 13.8. The Hall–Kier alpha value is -2.42. The molecule has 1 saturated carbocycles. The topological polar surface area (TPSA) is 84.0 Å². The van der Waals surface area contributed by atoms with Crippen LogP contribution >= 0.6 is 11.6 Å². The van der Waals surface area contributed by atoms with E-state index in [2.05, 4.69) is 0 Å². The van der Waals surface area contributed by atoms with Gasteiger partial charge in [0.05, 0.1) is 24.1 Å². The van der Waals surface area contributed by atoms with Gasteiger partial charge in [-0.1, -0.05) is 37.3 Å². The molecule has 1 aliphatic carbocycles. The molecule has 2 aromatic carbocycles. The Bertz CT molecular complexity index is 1110. The van der Waals surface area contributed by atoms with Gasteiger partial charge in [-0.05, 0) is 61.4 Å². The van der Waals surface area contributed by atoms with Gasteiger partial charge in [-0.15, -0.1) is 0 Å². The lowest BCUT2D eigenvalue weighted by molar-refractivity contribution is -0.122. The number of hydrogen-bond donors (Lipinski definition) is 0. The molecule has 0 spiro atoms. The fraction of sp³-hybridized carbons (Fsp3) is 0.417. The number of benzene rings is 2. The number of sulfonamides is 1. The van der Waals surface area contributed by atoms with Crippen LogP contribution in [0, 0.1) is 0 Å². The fourth-order valence-corrected chi connectivity index (χ4v) is 6.63. The fourth-order valence-electron chi connectivity index (χ4n) is 4.68. The standard InChI is InChI=1S/C24H27ClN2O5S/c1-32-20-12-10-18(11-13-20)26-23(28)16-22(24(26)29)27(19-6-4-2-3-5-7-19)33(30,31)21-14-8-17(25)9-15-21/h8-15,19,22H,2-7,16H2,1H3. The van der Waals surface area contributed by atoms with E-state index < -0.39 is 27.9 Å². The smallest absolute Gasteiger partial charge is 0.252 e. The number of nitrogens with zero attached hydrogens (tertiary/aromatic N) is 2. The summed E-state index contributed by atoms with van der Waals surface area (Å²) in [7, 11) is -2.50. The number of amides is 2. The van der Waals surface area contributed by atoms with Crippen LogP contribution in [0.4, 0.5) is 5.69 Å². The quantitative estimate of drug-likeness (QED) is 0.443. The number of methoxy groups -OCH3 is 1. The van der Waals surface area contributed by atoms with E-state index in [4.69, 9.17) is 16.3 Å². The number of hydrogen-bond acceptors (Lipinski definition) is 5. The monoisotopic (exact) mass is 490 g/mol. The highest BCUT2D eigenvalue weighted by Gasteiger charge is 2.49. The van der Waals surface area contributed by atoms with Crippen molar-refractivity contribution in [2.75, 3.05) is 12.0 Å². The Labute approximate surface area is 199 Å². The number of anilines is 1. The Kier molecular flexibility index (Phi) is 7.07. The molecule has 1 unspecified atom stereocenters. The zero-order valence-corrected chi connectivity index (χ0v) is 20.0. The summed E-state index contributed by atoms with van der Waals surface area (Å²) >= 11 is 5.97. The Balaban J connectivity index is 1.72. The summed E-state index contributed by atoms with van der Waals surface area (Å²) in [6.07, 6.45) is 4.96. The van der Waals surface area contributed by atoms with Crippen LogP contribution in [0.2, 0.25) is 5.02 Å².